The van der Waals surface area contributed by atoms with Crippen molar-refractivity contribution in [2.24, 2.45) is 0 Å². The molecule has 0 aliphatic rings. The second kappa shape index (κ2) is 6.26. The number of benzene rings is 2. The van der Waals surface area contributed by atoms with Crippen molar-refractivity contribution in [2.75, 3.05) is 4.90 Å². The van der Waals surface area contributed by atoms with Crippen LogP contribution < -0.4 is 4.90 Å². The van der Waals surface area contributed by atoms with E-state index in [1.54, 1.807) is 36.6 Å². The predicted octanol–water partition coefficient (Wildman–Crippen LogP) is 4.71. The summed E-state index contributed by atoms with van der Waals surface area (Å²) in [6.45, 7) is 1.80. The number of aryl methyl sites for hydroxylation is 1. The molecule has 6 heteroatoms. The first-order valence-corrected chi connectivity index (χ1v) is 7.71. The van der Waals surface area contributed by atoms with Crippen LogP contribution >= 0.6 is 11.3 Å². The van der Waals surface area contributed by atoms with E-state index < -0.39 is 17.5 Å². The number of carbonyl (C=O) groups is 1. The molecule has 1 aromatic heterocycles. The molecule has 3 aromatic rings. The van der Waals surface area contributed by atoms with Gasteiger partial charge in [0.1, 0.15) is 0 Å². The number of para-hydroxylation sites is 1. The molecule has 0 unspecified atom stereocenters. The first-order valence-electron chi connectivity index (χ1n) is 6.83. The second-order valence-corrected chi connectivity index (χ2v) is 5.69. The lowest BCUT2D eigenvalue weighted by Crippen LogP contribution is -2.27. The highest BCUT2D eigenvalue weighted by atomic mass is 32.1. The van der Waals surface area contributed by atoms with Crippen LogP contribution in [0.5, 0.6) is 0 Å². The van der Waals surface area contributed by atoms with E-state index in [2.05, 4.69) is 4.98 Å². The Bertz CT molecular complexity index is 849. The third-order valence-corrected chi connectivity index (χ3v) is 4.14. The molecule has 1 heterocycles. The molecule has 3 rings (SSSR count). The molecule has 3 nitrogen and oxygen atoms in total. The molecule has 0 radical (unpaired) electrons. The Morgan fingerprint density at radius 1 is 1.09 bits per heavy atom. The van der Waals surface area contributed by atoms with Crippen LogP contribution in [0.25, 0.3) is 0 Å². The van der Waals surface area contributed by atoms with Crippen LogP contribution in [0.2, 0.25) is 0 Å². The molecule has 0 bridgehead atoms. The molecule has 0 saturated heterocycles. The van der Waals surface area contributed by atoms with Crippen LogP contribution in [0.4, 0.5) is 19.6 Å². The van der Waals surface area contributed by atoms with Crippen molar-refractivity contribution in [1.82, 2.24) is 4.98 Å². The van der Waals surface area contributed by atoms with E-state index in [-0.39, 0.29) is 5.56 Å². The molecule has 0 N–H and O–H groups in total. The summed E-state index contributed by atoms with van der Waals surface area (Å²) >= 11 is 1.26. The topological polar surface area (TPSA) is 33.2 Å². The highest BCUT2D eigenvalue weighted by Gasteiger charge is 2.25. The minimum absolute atomic E-state index is 0.332. The lowest BCUT2D eigenvalue weighted by molar-refractivity contribution is 0.0994. The number of amides is 1. The van der Waals surface area contributed by atoms with Crippen molar-refractivity contribution in [2.45, 2.75) is 6.92 Å². The molecular formula is C17H12F2N2OS. The fourth-order valence-electron chi connectivity index (χ4n) is 2.13. The molecule has 0 spiro atoms. The zero-order chi connectivity index (χ0) is 16.4. The van der Waals surface area contributed by atoms with Gasteiger partial charge < -0.3 is 0 Å². The van der Waals surface area contributed by atoms with E-state index in [1.165, 1.54) is 28.4 Å². The fraction of sp³-hybridized carbons (Fsp3) is 0.0588. The average molecular weight is 330 g/mol. The number of carbonyl (C=O) groups excluding carboxylic acids is 1. The highest BCUT2D eigenvalue weighted by Crippen LogP contribution is 2.30. The molecule has 23 heavy (non-hydrogen) atoms. The van der Waals surface area contributed by atoms with E-state index >= 15 is 0 Å². The van der Waals surface area contributed by atoms with E-state index in [4.69, 9.17) is 0 Å². The quantitative estimate of drug-likeness (QED) is 0.697. The van der Waals surface area contributed by atoms with Gasteiger partial charge in [-0.15, -0.1) is 11.3 Å². The third kappa shape index (κ3) is 2.98. The lowest BCUT2D eigenvalue weighted by Gasteiger charge is -2.20. The molecule has 0 aliphatic heterocycles. The number of hydrogen-bond donors (Lipinski definition) is 0. The van der Waals surface area contributed by atoms with Crippen molar-refractivity contribution in [1.29, 1.82) is 0 Å². The van der Waals surface area contributed by atoms with Gasteiger partial charge in [-0.2, -0.15) is 0 Å². The summed E-state index contributed by atoms with van der Waals surface area (Å²) < 4.78 is 27.5. The summed E-state index contributed by atoms with van der Waals surface area (Å²) in [5.74, 6) is -2.88. The Hall–Kier alpha value is -2.60. The first-order chi connectivity index (χ1) is 11.1. The Balaban J connectivity index is 2.12. The fourth-order valence-corrected chi connectivity index (χ4v) is 2.94. The zero-order valence-electron chi connectivity index (χ0n) is 12.2. The van der Waals surface area contributed by atoms with E-state index in [0.717, 1.165) is 11.8 Å². The lowest BCUT2D eigenvalue weighted by atomic mass is 10.1. The van der Waals surface area contributed by atoms with E-state index in [0.29, 0.717) is 10.8 Å². The van der Waals surface area contributed by atoms with Gasteiger partial charge in [-0.1, -0.05) is 24.3 Å². The number of aromatic nitrogens is 1. The third-order valence-electron chi connectivity index (χ3n) is 3.20. The van der Waals surface area contributed by atoms with Crippen LogP contribution in [0.3, 0.4) is 0 Å². The van der Waals surface area contributed by atoms with Gasteiger partial charge >= 0.3 is 0 Å². The van der Waals surface area contributed by atoms with Gasteiger partial charge in [0.2, 0.25) is 0 Å². The Morgan fingerprint density at radius 3 is 2.48 bits per heavy atom. The van der Waals surface area contributed by atoms with Crippen LogP contribution in [-0.2, 0) is 0 Å². The molecule has 0 atom stereocenters. The largest absolute Gasteiger partial charge is 0.268 e. The summed E-state index contributed by atoms with van der Waals surface area (Å²) in [4.78, 5) is 18.4. The Labute approximate surface area is 135 Å². The minimum Gasteiger partial charge on any atom is -0.268 e. The minimum atomic E-state index is -1.16. The second-order valence-electron chi connectivity index (χ2n) is 4.85. The summed E-state index contributed by atoms with van der Waals surface area (Å²) in [5.41, 5.74) is 0.954. The molecule has 0 fully saturated rings. The smallest absolute Gasteiger partial charge is 0.267 e. The Kier molecular flexibility index (Phi) is 4.16. The summed E-state index contributed by atoms with van der Waals surface area (Å²) in [6.07, 6.45) is 0. The highest BCUT2D eigenvalue weighted by molar-refractivity contribution is 7.14. The number of anilines is 2. The van der Waals surface area contributed by atoms with Crippen molar-refractivity contribution in [3.63, 3.8) is 0 Å². The monoisotopic (exact) mass is 330 g/mol. The normalized spacial score (nSPS) is 10.6. The first kappa shape index (κ1) is 15.3. The van der Waals surface area contributed by atoms with Crippen molar-refractivity contribution in [3.8, 4) is 0 Å². The predicted molar refractivity (Wildman–Crippen MR) is 86.1 cm³/mol. The number of halogens is 2. The van der Waals surface area contributed by atoms with Gasteiger partial charge in [-0.25, -0.2) is 13.8 Å². The average Bonchev–Trinajstić information content (AvgIpc) is 2.97. The van der Waals surface area contributed by atoms with Gasteiger partial charge in [-0.05, 0) is 31.2 Å². The van der Waals surface area contributed by atoms with Gasteiger partial charge in [0, 0.05) is 5.38 Å². The maximum atomic E-state index is 14.0. The number of thiazole rings is 1. The van der Waals surface area contributed by atoms with Crippen LogP contribution in [0, 0.1) is 18.6 Å². The maximum absolute atomic E-state index is 14.0. The van der Waals surface area contributed by atoms with Crippen LogP contribution in [-0.4, -0.2) is 10.9 Å². The van der Waals surface area contributed by atoms with Crippen molar-refractivity contribution < 1.29 is 13.6 Å². The summed E-state index contributed by atoms with van der Waals surface area (Å²) in [6, 6.07) is 12.3. The van der Waals surface area contributed by atoms with Crippen molar-refractivity contribution in [3.05, 3.63) is 76.8 Å². The van der Waals surface area contributed by atoms with E-state index in [9.17, 15) is 13.6 Å². The van der Waals surface area contributed by atoms with Gasteiger partial charge in [0.25, 0.3) is 5.91 Å². The van der Waals surface area contributed by atoms with E-state index in [1.807, 2.05) is 6.07 Å². The summed E-state index contributed by atoms with van der Waals surface area (Å²) in [5, 5.41) is 2.20. The SMILES string of the molecule is Cc1csc(N(C(=O)c2cccc(F)c2F)c2ccccc2)n1. The molecule has 116 valence electrons. The maximum Gasteiger partial charge on any atom is 0.267 e. The van der Waals surface area contributed by atoms with Crippen LogP contribution in [0.1, 0.15) is 16.1 Å². The number of hydrogen-bond acceptors (Lipinski definition) is 3. The number of rotatable bonds is 3. The molecule has 1 amide bonds. The zero-order valence-corrected chi connectivity index (χ0v) is 13.0. The molecule has 0 saturated carbocycles. The van der Waals surface area contributed by atoms with Crippen LogP contribution in [0.15, 0.2) is 53.9 Å². The standard InChI is InChI=1S/C17H12F2N2OS/c1-11-10-23-17(20-11)21(12-6-3-2-4-7-12)16(22)13-8-5-9-14(18)15(13)19/h2-10H,1H3. The number of nitrogens with zero attached hydrogens (tertiary/aromatic N) is 2. The molecule has 2 aromatic carbocycles. The van der Waals surface area contributed by atoms with Crippen molar-refractivity contribution >= 4 is 28.1 Å². The molecular weight excluding hydrogens is 318 g/mol. The summed E-state index contributed by atoms with van der Waals surface area (Å²) in [7, 11) is 0. The van der Waals surface area contributed by atoms with Gasteiger partial charge in [0.15, 0.2) is 16.8 Å². The van der Waals surface area contributed by atoms with Gasteiger partial charge in [0.05, 0.1) is 16.9 Å². The Morgan fingerprint density at radius 2 is 1.83 bits per heavy atom. The molecule has 0 aliphatic carbocycles. The van der Waals surface area contributed by atoms with Gasteiger partial charge in [-0.3, -0.25) is 9.69 Å².